The molecule has 0 fully saturated rings. The van der Waals surface area contributed by atoms with Gasteiger partial charge in [-0.2, -0.15) is 0 Å². The van der Waals surface area contributed by atoms with E-state index in [-0.39, 0.29) is 30.0 Å². The molecule has 2 N–H and O–H groups in total. The van der Waals surface area contributed by atoms with Gasteiger partial charge in [-0.1, -0.05) is 98.1 Å². The molecule has 5 aromatic rings. The summed E-state index contributed by atoms with van der Waals surface area (Å²) in [7, 11) is 0. The average molecular weight is 704 g/mol. The van der Waals surface area contributed by atoms with Crippen molar-refractivity contribution in [1.82, 2.24) is 19.8 Å². The van der Waals surface area contributed by atoms with Crippen molar-refractivity contribution in [3.8, 4) is 0 Å². The Morgan fingerprint density at radius 3 is 2.54 bits per heavy atom. The molecule has 0 aliphatic carbocycles. The van der Waals surface area contributed by atoms with Crippen molar-refractivity contribution in [2.24, 2.45) is 5.92 Å². The number of amides is 1. The number of nitro benzene ring substituents is 1. The Morgan fingerprint density at radius 2 is 1.81 bits per heavy atom. The van der Waals surface area contributed by atoms with E-state index in [1.165, 1.54) is 12.1 Å². The fraction of sp³-hybridized carbons (Fsp3) is 0.250. The summed E-state index contributed by atoms with van der Waals surface area (Å²) in [5.74, 6) is -0.00797. The van der Waals surface area contributed by atoms with Crippen LogP contribution in [0.1, 0.15) is 37.1 Å². The van der Waals surface area contributed by atoms with Crippen LogP contribution < -0.4 is 10.6 Å². The molecule has 2 atom stereocenters. The second-order valence-corrected chi connectivity index (χ2v) is 13.0. The van der Waals surface area contributed by atoms with Crippen molar-refractivity contribution in [3.05, 3.63) is 134 Å². The first kappa shape index (κ1) is 34.8. The number of benzene rings is 4. The second kappa shape index (κ2) is 16.1. The van der Waals surface area contributed by atoms with Crippen LogP contribution in [-0.2, 0) is 24.3 Å². The van der Waals surface area contributed by atoms with Gasteiger partial charge in [-0.25, -0.2) is 4.98 Å². The first-order chi connectivity index (χ1) is 23.1. The molecule has 5 rings (SSSR count). The van der Waals surface area contributed by atoms with E-state index in [2.05, 4.69) is 58.6 Å². The van der Waals surface area contributed by atoms with Crippen LogP contribution in [0.3, 0.4) is 0 Å². The zero-order valence-corrected chi connectivity index (χ0v) is 28.9. The molecule has 0 aliphatic heterocycles. The fourth-order valence-electron chi connectivity index (χ4n) is 5.51. The van der Waals surface area contributed by atoms with Crippen molar-refractivity contribution in [2.45, 2.75) is 45.8 Å². The van der Waals surface area contributed by atoms with Crippen molar-refractivity contribution >= 4 is 68.6 Å². The average Bonchev–Trinajstić information content (AvgIpc) is 3.50. The van der Waals surface area contributed by atoms with Gasteiger partial charge in [0.1, 0.15) is 0 Å². The summed E-state index contributed by atoms with van der Waals surface area (Å²) in [5.41, 5.74) is 3.36. The third kappa shape index (κ3) is 8.89. The number of hydrogen-bond acceptors (Lipinski definition) is 5. The minimum Gasteiger partial charge on any atom is -0.351 e. The number of nitrogens with one attached hydrogen (secondary N) is 2. The number of imidazole rings is 1. The zero-order valence-electron chi connectivity index (χ0n) is 26.6. The van der Waals surface area contributed by atoms with E-state index in [9.17, 15) is 14.9 Å². The number of fused-ring (bicyclic) bond motifs is 1. The van der Waals surface area contributed by atoms with Crippen LogP contribution in [0.4, 0.5) is 11.4 Å². The lowest BCUT2D eigenvalue weighted by molar-refractivity contribution is -0.384. The van der Waals surface area contributed by atoms with E-state index >= 15 is 0 Å². The van der Waals surface area contributed by atoms with Crippen LogP contribution in [0.2, 0.25) is 10.0 Å². The van der Waals surface area contributed by atoms with E-state index in [0.717, 1.165) is 34.0 Å². The summed E-state index contributed by atoms with van der Waals surface area (Å²) in [5, 5.41) is 21.3. The number of thiocarbonyl (C=S) groups is 1. The van der Waals surface area contributed by atoms with E-state index in [4.69, 9.17) is 35.4 Å². The van der Waals surface area contributed by atoms with Crippen LogP contribution in [0.25, 0.3) is 10.8 Å². The smallest absolute Gasteiger partial charge is 0.269 e. The van der Waals surface area contributed by atoms with E-state index in [1.807, 2.05) is 22.8 Å². The highest BCUT2D eigenvalue weighted by Crippen LogP contribution is 2.27. The minimum atomic E-state index is -0.427. The van der Waals surface area contributed by atoms with Gasteiger partial charge in [0, 0.05) is 54.7 Å². The van der Waals surface area contributed by atoms with Crippen LogP contribution in [0, 0.1) is 16.0 Å². The Balaban J connectivity index is 1.35. The molecule has 0 saturated carbocycles. The summed E-state index contributed by atoms with van der Waals surface area (Å²) >= 11 is 18.6. The van der Waals surface area contributed by atoms with Gasteiger partial charge in [-0.3, -0.25) is 14.9 Å². The molecule has 0 aliphatic rings. The molecule has 0 radical (unpaired) electrons. The number of nitrogens with zero attached hydrogens (tertiary/aromatic N) is 4. The number of nitro groups is 1. The van der Waals surface area contributed by atoms with Gasteiger partial charge in [0.05, 0.1) is 28.4 Å². The normalized spacial score (nSPS) is 12.3. The topological polar surface area (TPSA) is 105 Å². The lowest BCUT2D eigenvalue weighted by Crippen LogP contribution is -2.50. The molecule has 1 aromatic heterocycles. The number of hydrogen-bond donors (Lipinski definition) is 2. The molecule has 1 heterocycles. The third-order valence-electron chi connectivity index (χ3n) is 8.44. The number of non-ortho nitro benzene ring substituents is 1. The molecule has 4 aromatic carbocycles. The first-order valence-corrected chi connectivity index (χ1v) is 16.8. The molecule has 12 heteroatoms. The Kier molecular flexibility index (Phi) is 11.6. The molecule has 0 bridgehead atoms. The van der Waals surface area contributed by atoms with Gasteiger partial charge >= 0.3 is 0 Å². The molecule has 9 nitrogen and oxygen atoms in total. The highest BCUT2D eigenvalue weighted by atomic mass is 35.5. The Labute approximate surface area is 295 Å². The molecule has 1 amide bonds. The number of carbonyl (C=O) groups is 1. The SMILES string of the molecule is CCC(C)C(CN(Cc1cccc2ccccc12)C(=S)Nc1ccc(Cl)cc1Cl)NC(=O)Cc1cncn1Cc1ccc([N+](=O)[O-])cc1. The van der Waals surface area contributed by atoms with Gasteiger partial charge in [0.2, 0.25) is 5.91 Å². The van der Waals surface area contributed by atoms with Gasteiger partial charge in [-0.05, 0) is 58.2 Å². The molecule has 0 spiro atoms. The van der Waals surface area contributed by atoms with Gasteiger partial charge in [0.15, 0.2) is 5.11 Å². The number of aromatic nitrogens is 2. The highest BCUT2D eigenvalue weighted by molar-refractivity contribution is 7.80. The highest BCUT2D eigenvalue weighted by Gasteiger charge is 2.25. The maximum absolute atomic E-state index is 13.6. The summed E-state index contributed by atoms with van der Waals surface area (Å²) in [6.07, 6.45) is 4.29. The predicted molar refractivity (Wildman–Crippen MR) is 197 cm³/mol. The van der Waals surface area contributed by atoms with Gasteiger partial charge in [-0.15, -0.1) is 0 Å². The predicted octanol–water partition coefficient (Wildman–Crippen LogP) is 8.27. The molecule has 0 saturated heterocycles. The van der Waals surface area contributed by atoms with E-state index < -0.39 is 4.92 Å². The largest absolute Gasteiger partial charge is 0.351 e. The number of anilines is 1. The van der Waals surface area contributed by atoms with Crippen molar-refractivity contribution in [3.63, 3.8) is 0 Å². The van der Waals surface area contributed by atoms with Crippen molar-refractivity contribution < 1.29 is 9.72 Å². The summed E-state index contributed by atoms with van der Waals surface area (Å²) in [6, 6.07) is 25.8. The van der Waals surface area contributed by atoms with Crippen LogP contribution in [-0.4, -0.2) is 43.0 Å². The summed E-state index contributed by atoms with van der Waals surface area (Å²) < 4.78 is 1.88. The lowest BCUT2D eigenvalue weighted by atomic mass is 9.97. The Morgan fingerprint density at radius 1 is 1.06 bits per heavy atom. The van der Waals surface area contributed by atoms with E-state index in [0.29, 0.717) is 40.5 Å². The summed E-state index contributed by atoms with van der Waals surface area (Å²) in [4.78, 5) is 30.5. The standard InChI is InChI=1S/C36H36Cl2N6O3S/c1-3-24(2)34(40-35(45)18-30-19-39-23-43(30)20-25-11-14-29(15-12-25)44(46)47)22-42(36(48)41-33-16-13-28(37)17-32(33)38)21-27-9-6-8-26-7-4-5-10-31(26)27/h4-17,19,23-24,34H,3,18,20-22H2,1-2H3,(H,40,45)(H,41,48). The number of halogens is 2. The molecular weight excluding hydrogens is 667 g/mol. The quantitative estimate of drug-likeness (QED) is 0.0723. The van der Waals surface area contributed by atoms with Gasteiger partial charge < -0.3 is 20.1 Å². The van der Waals surface area contributed by atoms with Crippen molar-refractivity contribution in [2.75, 3.05) is 11.9 Å². The lowest BCUT2D eigenvalue weighted by Gasteiger charge is -2.33. The maximum Gasteiger partial charge on any atom is 0.269 e. The molecule has 248 valence electrons. The maximum atomic E-state index is 13.6. The Hall–Kier alpha value is -4.51. The molecule has 48 heavy (non-hydrogen) atoms. The fourth-order valence-corrected chi connectivity index (χ4v) is 6.21. The Bertz CT molecular complexity index is 1910. The van der Waals surface area contributed by atoms with Gasteiger partial charge in [0.25, 0.3) is 5.69 Å². The molecular formula is C36H36Cl2N6O3S. The van der Waals surface area contributed by atoms with Crippen LogP contribution >= 0.6 is 35.4 Å². The number of carbonyl (C=O) groups excluding carboxylic acids is 1. The minimum absolute atomic E-state index is 0.0282. The second-order valence-electron chi connectivity index (χ2n) is 11.7. The monoisotopic (exact) mass is 702 g/mol. The van der Waals surface area contributed by atoms with E-state index in [1.54, 1.807) is 42.9 Å². The van der Waals surface area contributed by atoms with Crippen molar-refractivity contribution in [1.29, 1.82) is 0 Å². The first-order valence-electron chi connectivity index (χ1n) is 15.6. The number of rotatable bonds is 13. The van der Waals surface area contributed by atoms with Crippen LogP contribution in [0.15, 0.2) is 97.5 Å². The molecule has 2 unspecified atom stereocenters. The third-order valence-corrected chi connectivity index (χ3v) is 9.34. The summed E-state index contributed by atoms with van der Waals surface area (Å²) in [6.45, 7) is 5.60. The zero-order chi connectivity index (χ0) is 34.2. The van der Waals surface area contributed by atoms with Crippen LogP contribution in [0.5, 0.6) is 0 Å².